The highest BCUT2D eigenvalue weighted by atomic mass is 19.3. The first kappa shape index (κ1) is 16.1. The van der Waals surface area contributed by atoms with Gasteiger partial charge in [-0.15, -0.1) is 0 Å². The van der Waals surface area contributed by atoms with Gasteiger partial charge in [-0.25, -0.2) is 8.78 Å². The molecule has 1 rings (SSSR count). The van der Waals surface area contributed by atoms with Gasteiger partial charge in [0, 0.05) is 6.42 Å². The van der Waals surface area contributed by atoms with Crippen LogP contribution in [0.1, 0.15) is 51.2 Å². The summed E-state index contributed by atoms with van der Waals surface area (Å²) in [5, 5.41) is 10.4. The molecule has 108 valence electrons. The quantitative estimate of drug-likeness (QED) is 0.772. The summed E-state index contributed by atoms with van der Waals surface area (Å²) >= 11 is 0. The third-order valence-electron chi connectivity index (χ3n) is 3.29. The molecule has 0 amide bonds. The van der Waals surface area contributed by atoms with Gasteiger partial charge in [0.1, 0.15) is 0 Å². The van der Waals surface area contributed by atoms with Gasteiger partial charge in [-0.2, -0.15) is 0 Å². The van der Waals surface area contributed by atoms with Gasteiger partial charge in [-0.1, -0.05) is 51.5 Å². The molecule has 1 aromatic carbocycles. The van der Waals surface area contributed by atoms with E-state index in [0.717, 1.165) is 6.42 Å². The number of benzene rings is 1. The van der Waals surface area contributed by atoms with Crippen LogP contribution in [0.4, 0.5) is 8.78 Å². The molecule has 3 heteroatoms. The maximum atomic E-state index is 12.6. The molecule has 0 heterocycles. The zero-order valence-corrected chi connectivity index (χ0v) is 12.0. The Kier molecular flexibility index (Phi) is 5.92. The molecule has 0 fully saturated rings. The summed E-state index contributed by atoms with van der Waals surface area (Å²) in [4.78, 5) is 0. The highest BCUT2D eigenvalue weighted by Gasteiger charge is 2.31. The van der Waals surface area contributed by atoms with Crippen molar-refractivity contribution in [3.8, 4) is 0 Å². The molecule has 0 radical (unpaired) electrons. The molecule has 1 nitrogen and oxygen atoms in total. The Labute approximate surface area is 114 Å². The molecular weight excluding hydrogens is 246 g/mol. The second-order valence-corrected chi connectivity index (χ2v) is 5.67. The fourth-order valence-electron chi connectivity index (χ4n) is 2.46. The van der Waals surface area contributed by atoms with E-state index in [1.54, 1.807) is 12.1 Å². The highest BCUT2D eigenvalue weighted by Crippen LogP contribution is 2.33. The Morgan fingerprint density at radius 1 is 1.16 bits per heavy atom. The molecule has 0 spiro atoms. The molecule has 0 saturated carbocycles. The van der Waals surface area contributed by atoms with Crippen LogP contribution < -0.4 is 0 Å². The van der Waals surface area contributed by atoms with Crippen LogP contribution in [0.5, 0.6) is 0 Å². The first-order valence-electron chi connectivity index (χ1n) is 6.97. The smallest absolute Gasteiger partial charge is 0.241 e. The summed E-state index contributed by atoms with van der Waals surface area (Å²) in [5.41, 5.74) is 0.371. The number of alkyl halides is 2. The fraction of sp³-hybridized carbons (Fsp3) is 0.625. The van der Waals surface area contributed by atoms with Crippen LogP contribution >= 0.6 is 0 Å². The topological polar surface area (TPSA) is 20.2 Å². The van der Waals surface area contributed by atoms with Gasteiger partial charge in [0.15, 0.2) is 0 Å². The van der Waals surface area contributed by atoms with E-state index in [-0.39, 0.29) is 0 Å². The summed E-state index contributed by atoms with van der Waals surface area (Å²) < 4.78 is 25.3. The first-order valence-corrected chi connectivity index (χ1v) is 6.97. The standard InChI is InChI=1S/C16H24F2O/c1-4-9-16(19,11-15(17)18)14-7-5-13(6-8-14)10-12(2)3/h5-8,12,15,19H,4,9-11H2,1-3H3. The number of halogens is 2. The van der Waals surface area contributed by atoms with Gasteiger partial charge in [-0.05, 0) is 29.9 Å². The molecule has 0 bridgehead atoms. The number of hydrogen-bond acceptors (Lipinski definition) is 1. The Morgan fingerprint density at radius 3 is 2.16 bits per heavy atom. The third-order valence-corrected chi connectivity index (χ3v) is 3.29. The maximum Gasteiger partial charge on any atom is 0.241 e. The third kappa shape index (κ3) is 4.90. The van der Waals surface area contributed by atoms with E-state index >= 15 is 0 Å². The zero-order chi connectivity index (χ0) is 14.5. The lowest BCUT2D eigenvalue weighted by atomic mass is 9.85. The van der Waals surface area contributed by atoms with Gasteiger partial charge in [-0.3, -0.25) is 0 Å². The lowest BCUT2D eigenvalue weighted by Crippen LogP contribution is -2.28. The predicted octanol–water partition coefficient (Wildman–Crippen LogP) is 4.53. The van der Waals surface area contributed by atoms with Crippen LogP contribution in [-0.2, 0) is 12.0 Å². The predicted molar refractivity (Wildman–Crippen MR) is 74.4 cm³/mol. The minimum atomic E-state index is -2.49. The van der Waals surface area contributed by atoms with Crippen molar-refractivity contribution in [1.82, 2.24) is 0 Å². The minimum Gasteiger partial charge on any atom is -0.385 e. The molecule has 0 aliphatic carbocycles. The minimum absolute atomic E-state index is 0.362. The molecule has 0 aromatic heterocycles. The Balaban J connectivity index is 2.90. The summed E-state index contributed by atoms with van der Waals surface area (Å²) in [5.74, 6) is 0.557. The zero-order valence-electron chi connectivity index (χ0n) is 12.0. The van der Waals surface area contributed by atoms with Crippen molar-refractivity contribution in [2.75, 3.05) is 0 Å². The summed E-state index contributed by atoms with van der Waals surface area (Å²) in [6.07, 6.45) is -0.990. The van der Waals surface area contributed by atoms with Crippen molar-refractivity contribution < 1.29 is 13.9 Å². The van der Waals surface area contributed by atoms with Gasteiger partial charge >= 0.3 is 0 Å². The molecule has 0 aliphatic rings. The fourth-order valence-corrected chi connectivity index (χ4v) is 2.46. The van der Waals surface area contributed by atoms with Crippen molar-refractivity contribution in [1.29, 1.82) is 0 Å². The van der Waals surface area contributed by atoms with Crippen molar-refractivity contribution in [2.24, 2.45) is 5.92 Å². The van der Waals surface area contributed by atoms with E-state index in [1.807, 2.05) is 19.1 Å². The average molecular weight is 270 g/mol. The van der Waals surface area contributed by atoms with Gasteiger partial charge in [0.2, 0.25) is 6.43 Å². The molecule has 1 N–H and O–H groups in total. The van der Waals surface area contributed by atoms with Crippen LogP contribution in [0.2, 0.25) is 0 Å². The van der Waals surface area contributed by atoms with E-state index in [9.17, 15) is 13.9 Å². The van der Waals surface area contributed by atoms with Crippen LogP contribution in [-0.4, -0.2) is 11.5 Å². The molecule has 0 aliphatic heterocycles. The molecular formula is C16H24F2O. The first-order chi connectivity index (χ1) is 8.87. The van der Waals surface area contributed by atoms with Gasteiger partial charge in [0.25, 0.3) is 0 Å². The van der Waals surface area contributed by atoms with Crippen molar-refractivity contribution in [3.63, 3.8) is 0 Å². The van der Waals surface area contributed by atoms with Gasteiger partial charge < -0.3 is 5.11 Å². The van der Waals surface area contributed by atoms with Crippen LogP contribution in [0.3, 0.4) is 0 Å². The highest BCUT2D eigenvalue weighted by molar-refractivity contribution is 5.27. The van der Waals surface area contributed by atoms with E-state index in [0.29, 0.717) is 24.3 Å². The second kappa shape index (κ2) is 6.99. The molecule has 0 saturated heterocycles. The molecule has 19 heavy (non-hydrogen) atoms. The molecule has 1 atom stereocenters. The van der Waals surface area contributed by atoms with E-state index < -0.39 is 18.4 Å². The van der Waals surface area contributed by atoms with Crippen molar-refractivity contribution in [3.05, 3.63) is 35.4 Å². The lowest BCUT2D eigenvalue weighted by molar-refractivity contribution is -0.0333. The van der Waals surface area contributed by atoms with E-state index in [1.165, 1.54) is 5.56 Å². The largest absolute Gasteiger partial charge is 0.385 e. The van der Waals surface area contributed by atoms with E-state index in [4.69, 9.17) is 0 Å². The SMILES string of the molecule is CCCC(O)(CC(F)F)c1ccc(CC(C)C)cc1. The average Bonchev–Trinajstić information content (AvgIpc) is 2.28. The monoisotopic (exact) mass is 270 g/mol. The summed E-state index contributed by atoms with van der Waals surface area (Å²) in [6, 6.07) is 7.44. The number of aliphatic hydroxyl groups is 1. The normalized spacial score (nSPS) is 14.9. The number of rotatable bonds is 7. The maximum absolute atomic E-state index is 12.6. The summed E-state index contributed by atoms with van der Waals surface area (Å²) in [7, 11) is 0. The Morgan fingerprint density at radius 2 is 1.74 bits per heavy atom. The van der Waals surface area contributed by atoms with Crippen LogP contribution in [0, 0.1) is 5.92 Å². The van der Waals surface area contributed by atoms with E-state index in [2.05, 4.69) is 13.8 Å². The summed E-state index contributed by atoms with van der Waals surface area (Å²) in [6.45, 7) is 6.17. The Bertz CT molecular complexity index is 373. The number of hydrogen-bond donors (Lipinski definition) is 1. The lowest BCUT2D eigenvalue weighted by Gasteiger charge is -2.28. The van der Waals surface area contributed by atoms with Crippen LogP contribution in [0.15, 0.2) is 24.3 Å². The van der Waals surface area contributed by atoms with Crippen LogP contribution in [0.25, 0.3) is 0 Å². The molecule has 1 unspecified atom stereocenters. The Hall–Kier alpha value is -0.960. The molecule has 1 aromatic rings. The van der Waals surface area contributed by atoms with Crippen molar-refractivity contribution >= 4 is 0 Å². The second-order valence-electron chi connectivity index (χ2n) is 5.67. The van der Waals surface area contributed by atoms with Crippen molar-refractivity contribution in [2.45, 2.75) is 58.5 Å². The van der Waals surface area contributed by atoms with Gasteiger partial charge in [0.05, 0.1) is 5.60 Å².